The minimum absolute atomic E-state index is 0.256. The number of pyridine rings is 1. The Kier molecular flexibility index (Phi) is 5.72. The van der Waals surface area contributed by atoms with Gasteiger partial charge in [-0.1, -0.05) is 30.3 Å². The van der Waals surface area contributed by atoms with Gasteiger partial charge in [0, 0.05) is 23.5 Å². The van der Waals surface area contributed by atoms with E-state index in [0.717, 1.165) is 16.9 Å². The first-order chi connectivity index (χ1) is 12.7. The molecule has 3 aromatic rings. The molecule has 5 heteroatoms. The van der Waals surface area contributed by atoms with Gasteiger partial charge in [-0.05, 0) is 48.9 Å². The number of para-hydroxylation sites is 1. The molecule has 3 rings (SSSR count). The van der Waals surface area contributed by atoms with E-state index in [2.05, 4.69) is 15.5 Å². The zero-order valence-electron chi connectivity index (χ0n) is 14.4. The molecule has 0 spiro atoms. The minimum Gasteiger partial charge on any atom is -0.489 e. The number of amides is 1. The number of carbonyl (C=O) groups is 1. The molecule has 130 valence electrons. The lowest BCUT2D eigenvalue weighted by Gasteiger charge is -2.07. The third-order valence-electron chi connectivity index (χ3n) is 3.79. The van der Waals surface area contributed by atoms with Gasteiger partial charge in [0.1, 0.15) is 12.4 Å². The topological polar surface area (TPSA) is 63.6 Å². The summed E-state index contributed by atoms with van der Waals surface area (Å²) in [6, 6.07) is 20.6. The van der Waals surface area contributed by atoms with Crippen LogP contribution in [0.5, 0.6) is 5.75 Å². The Labute approximate surface area is 152 Å². The first-order valence-electron chi connectivity index (χ1n) is 8.24. The molecule has 0 aliphatic rings. The van der Waals surface area contributed by atoms with Gasteiger partial charge >= 0.3 is 0 Å². The number of benzene rings is 2. The van der Waals surface area contributed by atoms with Crippen LogP contribution < -0.4 is 10.2 Å². The van der Waals surface area contributed by atoms with Crippen molar-refractivity contribution in [3.8, 4) is 5.75 Å². The highest BCUT2D eigenvalue weighted by Gasteiger charge is 2.05. The van der Waals surface area contributed by atoms with Crippen LogP contribution in [0.2, 0.25) is 0 Å². The fourth-order valence-corrected chi connectivity index (χ4v) is 2.29. The first-order valence-corrected chi connectivity index (χ1v) is 8.24. The number of ether oxygens (including phenoxy) is 1. The van der Waals surface area contributed by atoms with Crippen LogP contribution in [0, 0.1) is 0 Å². The smallest absolute Gasteiger partial charge is 0.271 e. The van der Waals surface area contributed by atoms with Crippen LogP contribution in [0.3, 0.4) is 0 Å². The summed E-state index contributed by atoms with van der Waals surface area (Å²) in [5, 5.41) is 4.13. The molecule has 0 unspecified atom stereocenters. The minimum atomic E-state index is -0.256. The van der Waals surface area contributed by atoms with Crippen molar-refractivity contribution in [2.45, 2.75) is 13.5 Å². The van der Waals surface area contributed by atoms with Gasteiger partial charge in [-0.25, -0.2) is 5.43 Å². The van der Waals surface area contributed by atoms with Crippen LogP contribution in [0.1, 0.15) is 28.4 Å². The molecule has 0 radical (unpaired) electrons. The van der Waals surface area contributed by atoms with Gasteiger partial charge in [0.15, 0.2) is 0 Å². The Hall–Kier alpha value is -3.47. The van der Waals surface area contributed by atoms with E-state index in [1.165, 1.54) is 0 Å². The fourth-order valence-electron chi connectivity index (χ4n) is 2.29. The lowest BCUT2D eigenvalue weighted by atomic mass is 10.1. The van der Waals surface area contributed by atoms with Crippen LogP contribution in [0.4, 0.5) is 0 Å². The Balaban J connectivity index is 1.57. The van der Waals surface area contributed by atoms with Gasteiger partial charge in [0.05, 0.1) is 5.71 Å². The summed E-state index contributed by atoms with van der Waals surface area (Å²) in [6.45, 7) is 2.28. The second kappa shape index (κ2) is 8.58. The van der Waals surface area contributed by atoms with Crippen molar-refractivity contribution in [1.29, 1.82) is 0 Å². The normalized spacial score (nSPS) is 11.0. The van der Waals surface area contributed by atoms with Crippen molar-refractivity contribution in [2.75, 3.05) is 0 Å². The molecule has 26 heavy (non-hydrogen) atoms. The van der Waals surface area contributed by atoms with Crippen LogP contribution in [0.25, 0.3) is 0 Å². The molecular weight excluding hydrogens is 326 g/mol. The molecular formula is C21H19N3O2. The quantitative estimate of drug-likeness (QED) is 0.546. The number of carbonyl (C=O) groups excluding carboxylic acids is 1. The molecule has 0 saturated heterocycles. The standard InChI is InChI=1S/C21H19N3O2/c1-16(18-11-13-22-14-12-18)23-24-21(25)19-9-7-17(8-10-19)15-26-20-5-3-2-4-6-20/h2-14H,15H2,1H3,(H,24,25)/b23-16-. The molecule has 0 saturated carbocycles. The molecule has 1 N–H and O–H groups in total. The van der Waals surface area contributed by atoms with Gasteiger partial charge in [0.2, 0.25) is 0 Å². The van der Waals surface area contributed by atoms with Crippen LogP contribution in [0.15, 0.2) is 84.2 Å². The van der Waals surface area contributed by atoms with E-state index >= 15 is 0 Å². The molecule has 0 atom stereocenters. The Morgan fingerprint density at radius 2 is 1.65 bits per heavy atom. The van der Waals surface area contributed by atoms with Gasteiger partial charge in [0.25, 0.3) is 5.91 Å². The second-order valence-corrected chi connectivity index (χ2v) is 5.67. The maximum atomic E-state index is 12.2. The van der Waals surface area contributed by atoms with Crippen molar-refractivity contribution < 1.29 is 9.53 Å². The molecule has 5 nitrogen and oxygen atoms in total. The highest BCUT2D eigenvalue weighted by Crippen LogP contribution is 2.12. The lowest BCUT2D eigenvalue weighted by Crippen LogP contribution is -2.19. The van der Waals surface area contributed by atoms with Gasteiger partial charge in [-0.3, -0.25) is 9.78 Å². The van der Waals surface area contributed by atoms with Crippen LogP contribution in [-0.2, 0) is 6.61 Å². The molecule has 0 fully saturated rings. The molecule has 0 bridgehead atoms. The number of aromatic nitrogens is 1. The highest BCUT2D eigenvalue weighted by atomic mass is 16.5. The zero-order valence-corrected chi connectivity index (χ0v) is 14.4. The van der Waals surface area contributed by atoms with E-state index in [1.54, 1.807) is 24.5 Å². The monoisotopic (exact) mass is 345 g/mol. The average molecular weight is 345 g/mol. The van der Waals surface area contributed by atoms with Crippen molar-refractivity contribution in [3.63, 3.8) is 0 Å². The number of hydrazone groups is 1. The molecule has 2 aromatic carbocycles. The van der Waals surface area contributed by atoms with E-state index in [9.17, 15) is 4.79 Å². The number of nitrogens with one attached hydrogen (secondary N) is 1. The summed E-state index contributed by atoms with van der Waals surface area (Å²) in [4.78, 5) is 16.2. The Morgan fingerprint density at radius 1 is 0.962 bits per heavy atom. The average Bonchev–Trinajstić information content (AvgIpc) is 2.72. The molecule has 1 aromatic heterocycles. The number of nitrogens with zero attached hydrogens (tertiary/aromatic N) is 2. The van der Waals surface area contributed by atoms with Gasteiger partial charge < -0.3 is 4.74 Å². The number of hydrogen-bond acceptors (Lipinski definition) is 4. The van der Waals surface area contributed by atoms with Crippen LogP contribution in [-0.4, -0.2) is 16.6 Å². The largest absolute Gasteiger partial charge is 0.489 e. The highest BCUT2D eigenvalue weighted by molar-refractivity contribution is 6.00. The summed E-state index contributed by atoms with van der Waals surface area (Å²) in [5.41, 5.74) is 5.73. The van der Waals surface area contributed by atoms with E-state index in [0.29, 0.717) is 17.9 Å². The van der Waals surface area contributed by atoms with Crippen molar-refractivity contribution in [3.05, 3.63) is 95.8 Å². The van der Waals surface area contributed by atoms with E-state index in [1.807, 2.05) is 61.5 Å². The van der Waals surface area contributed by atoms with Crippen molar-refractivity contribution in [2.24, 2.45) is 5.10 Å². The van der Waals surface area contributed by atoms with Crippen molar-refractivity contribution >= 4 is 11.6 Å². The molecule has 1 amide bonds. The summed E-state index contributed by atoms with van der Waals surface area (Å²) < 4.78 is 5.69. The third-order valence-corrected chi connectivity index (χ3v) is 3.79. The maximum absolute atomic E-state index is 12.2. The predicted octanol–water partition coefficient (Wildman–Crippen LogP) is 3.81. The third kappa shape index (κ3) is 4.77. The van der Waals surface area contributed by atoms with Gasteiger partial charge in [-0.2, -0.15) is 5.10 Å². The van der Waals surface area contributed by atoms with E-state index in [4.69, 9.17) is 4.74 Å². The van der Waals surface area contributed by atoms with E-state index < -0.39 is 0 Å². The SMILES string of the molecule is C/C(=N/NC(=O)c1ccc(COc2ccccc2)cc1)c1ccncc1. The van der Waals surface area contributed by atoms with Gasteiger partial charge in [-0.15, -0.1) is 0 Å². The molecule has 0 aliphatic heterocycles. The predicted molar refractivity (Wildman–Crippen MR) is 101 cm³/mol. The summed E-state index contributed by atoms with van der Waals surface area (Å²) in [5.74, 6) is 0.559. The number of hydrogen-bond donors (Lipinski definition) is 1. The second-order valence-electron chi connectivity index (χ2n) is 5.67. The maximum Gasteiger partial charge on any atom is 0.271 e. The molecule has 1 heterocycles. The first kappa shape index (κ1) is 17.4. The summed E-state index contributed by atoms with van der Waals surface area (Å²) in [7, 11) is 0. The van der Waals surface area contributed by atoms with E-state index in [-0.39, 0.29) is 5.91 Å². The summed E-state index contributed by atoms with van der Waals surface area (Å²) >= 11 is 0. The number of rotatable bonds is 6. The Morgan fingerprint density at radius 3 is 2.35 bits per heavy atom. The molecule has 0 aliphatic carbocycles. The van der Waals surface area contributed by atoms with Crippen LogP contribution >= 0.6 is 0 Å². The Bertz CT molecular complexity index is 876. The lowest BCUT2D eigenvalue weighted by molar-refractivity contribution is 0.0955. The fraction of sp³-hybridized carbons (Fsp3) is 0.0952. The summed E-state index contributed by atoms with van der Waals surface area (Å²) in [6.07, 6.45) is 3.37. The zero-order chi connectivity index (χ0) is 18.2. The van der Waals surface area contributed by atoms with Crippen molar-refractivity contribution in [1.82, 2.24) is 10.4 Å².